The highest BCUT2D eigenvalue weighted by Gasteiger charge is 2.28. The lowest BCUT2D eigenvalue weighted by Gasteiger charge is -2.37. The molecule has 1 saturated heterocycles. The van der Waals surface area contributed by atoms with Crippen molar-refractivity contribution in [2.75, 3.05) is 33.0 Å². The van der Waals surface area contributed by atoms with Crippen molar-refractivity contribution in [3.05, 3.63) is 36.8 Å². The Morgan fingerprint density at radius 3 is 2.85 bits per heavy atom. The van der Waals surface area contributed by atoms with Gasteiger partial charge in [0, 0.05) is 34.4 Å². The largest absolute Gasteiger partial charge is 0.497 e. The molecular weight excluding hydrogens is 346 g/mol. The first-order valence-corrected chi connectivity index (χ1v) is 9.33. The van der Waals surface area contributed by atoms with Gasteiger partial charge in [-0.25, -0.2) is 9.97 Å². The van der Waals surface area contributed by atoms with Gasteiger partial charge in [-0.15, -0.1) is 11.3 Å². The third kappa shape index (κ3) is 2.28. The Labute approximate surface area is 154 Å². The van der Waals surface area contributed by atoms with Gasteiger partial charge in [-0.2, -0.15) is 0 Å². The second-order valence-electron chi connectivity index (χ2n) is 6.80. The number of nitrogens with zero attached hydrogens (tertiary/aromatic N) is 4. The Kier molecular flexibility index (Phi) is 3.41. The first-order chi connectivity index (χ1) is 12.6. The number of methoxy groups -OCH3 is 1. The van der Waals surface area contributed by atoms with Gasteiger partial charge in [-0.1, -0.05) is 0 Å². The number of thiophene rings is 1. The van der Waals surface area contributed by atoms with Crippen molar-refractivity contribution in [3.8, 4) is 16.2 Å². The quantitative estimate of drug-likeness (QED) is 0.603. The van der Waals surface area contributed by atoms with E-state index in [-0.39, 0.29) is 0 Å². The molecule has 2 N–H and O–H groups in total. The summed E-state index contributed by atoms with van der Waals surface area (Å²) in [7, 11) is 3.82. The third-order valence-electron chi connectivity index (χ3n) is 5.07. The normalized spacial score (nSPS) is 15.6. The monoisotopic (exact) mass is 365 g/mol. The van der Waals surface area contributed by atoms with Crippen LogP contribution in [0.15, 0.2) is 36.8 Å². The molecule has 4 heterocycles. The minimum atomic E-state index is 0.431. The van der Waals surface area contributed by atoms with E-state index in [1.807, 2.05) is 6.07 Å². The van der Waals surface area contributed by atoms with Crippen LogP contribution in [-0.4, -0.2) is 46.7 Å². The van der Waals surface area contributed by atoms with Gasteiger partial charge in [0.2, 0.25) is 0 Å². The third-order valence-corrected chi connectivity index (χ3v) is 6.20. The molecule has 0 aliphatic carbocycles. The molecule has 3 aromatic heterocycles. The van der Waals surface area contributed by atoms with Gasteiger partial charge in [0.15, 0.2) is 0 Å². The van der Waals surface area contributed by atoms with Crippen LogP contribution in [0.1, 0.15) is 6.04 Å². The Bertz CT molecular complexity index is 1130. The molecule has 0 atom stereocenters. The lowest BCUT2D eigenvalue weighted by Crippen LogP contribution is -2.44. The second-order valence-corrected chi connectivity index (χ2v) is 7.88. The Balaban J connectivity index is 1.71. The number of ether oxygens (including phenoxy) is 1. The van der Waals surface area contributed by atoms with Crippen LogP contribution < -0.4 is 10.5 Å². The fourth-order valence-electron chi connectivity index (χ4n) is 3.69. The van der Waals surface area contributed by atoms with E-state index in [4.69, 9.17) is 10.5 Å². The van der Waals surface area contributed by atoms with Crippen LogP contribution in [0, 0.1) is 0 Å². The highest BCUT2D eigenvalue weighted by atomic mass is 32.1. The molecule has 0 bridgehead atoms. The van der Waals surface area contributed by atoms with Gasteiger partial charge >= 0.3 is 0 Å². The summed E-state index contributed by atoms with van der Waals surface area (Å²) in [5.41, 5.74) is 8.27. The van der Waals surface area contributed by atoms with Gasteiger partial charge in [0.25, 0.3) is 0 Å². The van der Waals surface area contributed by atoms with Crippen LogP contribution in [0.5, 0.6) is 5.75 Å². The lowest BCUT2D eigenvalue weighted by molar-refractivity contribution is 0.144. The molecule has 0 spiro atoms. The second kappa shape index (κ2) is 5.69. The molecule has 0 amide bonds. The molecule has 7 heteroatoms. The zero-order valence-electron chi connectivity index (χ0n) is 14.6. The maximum absolute atomic E-state index is 6.24. The summed E-state index contributed by atoms with van der Waals surface area (Å²) >= 11 is 1.74. The number of likely N-dealkylation sites (N-methyl/N-ethyl adjacent to an activating group) is 1. The Morgan fingerprint density at radius 1 is 1.23 bits per heavy atom. The standard InChI is InChI=1S/C19H19N5OS/c1-23-7-12(8-23)24-9-14(17-18(20)21-10-22-19(17)24)16-5-11-3-4-13(25-2)6-15(11)26-16/h3-6,9-10,12H,7-8H2,1-2H3,(H2,20,21,22). The van der Waals surface area contributed by atoms with E-state index in [1.54, 1.807) is 24.8 Å². The first kappa shape index (κ1) is 15.6. The Hall–Kier alpha value is -2.64. The maximum atomic E-state index is 6.24. The SMILES string of the molecule is COc1ccc2cc(-c3cn(C4CN(C)C4)c4ncnc(N)c34)sc2c1. The number of aromatic nitrogens is 3. The van der Waals surface area contributed by atoms with E-state index < -0.39 is 0 Å². The number of hydrogen-bond acceptors (Lipinski definition) is 6. The van der Waals surface area contributed by atoms with Crippen LogP contribution in [0.4, 0.5) is 5.82 Å². The first-order valence-electron chi connectivity index (χ1n) is 8.51. The molecule has 1 aliphatic heterocycles. The summed E-state index contributed by atoms with van der Waals surface area (Å²) in [5, 5.41) is 2.14. The van der Waals surface area contributed by atoms with Crippen LogP contribution in [0.2, 0.25) is 0 Å². The van der Waals surface area contributed by atoms with Crippen molar-refractivity contribution in [1.82, 2.24) is 19.4 Å². The van der Waals surface area contributed by atoms with Crippen LogP contribution in [-0.2, 0) is 0 Å². The molecule has 5 rings (SSSR count). The number of nitrogen functional groups attached to an aromatic ring is 1. The van der Waals surface area contributed by atoms with Gasteiger partial charge in [-0.3, -0.25) is 0 Å². The van der Waals surface area contributed by atoms with Crippen molar-refractivity contribution >= 4 is 38.3 Å². The molecular formula is C19H19N5OS. The zero-order chi connectivity index (χ0) is 17.8. The number of hydrogen-bond donors (Lipinski definition) is 1. The number of nitrogens with two attached hydrogens (primary N) is 1. The summed E-state index contributed by atoms with van der Waals surface area (Å²) < 4.78 is 8.80. The molecule has 0 unspecified atom stereocenters. The summed E-state index contributed by atoms with van der Waals surface area (Å²) in [6.45, 7) is 2.05. The summed E-state index contributed by atoms with van der Waals surface area (Å²) in [5.74, 6) is 1.40. The molecule has 1 aromatic carbocycles. The van der Waals surface area contributed by atoms with E-state index in [9.17, 15) is 0 Å². The van der Waals surface area contributed by atoms with E-state index in [2.05, 4.69) is 50.9 Å². The van der Waals surface area contributed by atoms with Crippen molar-refractivity contribution in [3.63, 3.8) is 0 Å². The van der Waals surface area contributed by atoms with E-state index in [0.717, 1.165) is 35.4 Å². The minimum absolute atomic E-state index is 0.431. The fraction of sp³-hybridized carbons (Fsp3) is 0.263. The van der Waals surface area contributed by atoms with Crippen LogP contribution in [0.3, 0.4) is 0 Å². The summed E-state index contributed by atoms with van der Waals surface area (Å²) in [4.78, 5) is 12.2. The number of anilines is 1. The van der Waals surface area contributed by atoms with E-state index in [0.29, 0.717) is 11.9 Å². The highest BCUT2D eigenvalue weighted by Crippen LogP contribution is 2.41. The molecule has 0 radical (unpaired) electrons. The average molecular weight is 365 g/mol. The van der Waals surface area contributed by atoms with Crippen LogP contribution >= 0.6 is 11.3 Å². The van der Waals surface area contributed by atoms with Gasteiger partial charge < -0.3 is 19.9 Å². The van der Waals surface area contributed by atoms with Crippen molar-refractivity contribution in [2.24, 2.45) is 0 Å². The summed E-state index contributed by atoms with van der Waals surface area (Å²) in [6.07, 6.45) is 3.74. The van der Waals surface area contributed by atoms with Gasteiger partial charge in [0.05, 0.1) is 18.5 Å². The molecule has 1 fully saturated rings. The van der Waals surface area contributed by atoms with Crippen LogP contribution in [0.25, 0.3) is 31.6 Å². The predicted octanol–water partition coefficient (Wildman–Crippen LogP) is 3.39. The topological polar surface area (TPSA) is 69.2 Å². The molecule has 1 aliphatic rings. The number of rotatable bonds is 3. The van der Waals surface area contributed by atoms with Crippen molar-refractivity contribution in [2.45, 2.75) is 6.04 Å². The molecule has 0 saturated carbocycles. The van der Waals surface area contributed by atoms with E-state index in [1.165, 1.54) is 15.0 Å². The number of benzene rings is 1. The summed E-state index contributed by atoms with van der Waals surface area (Å²) in [6, 6.07) is 8.79. The average Bonchev–Trinajstić information content (AvgIpc) is 3.20. The number of likely N-dealkylation sites (tertiary alicyclic amines) is 1. The molecule has 6 nitrogen and oxygen atoms in total. The fourth-order valence-corrected chi connectivity index (χ4v) is 4.79. The van der Waals surface area contributed by atoms with Gasteiger partial charge in [0.1, 0.15) is 23.5 Å². The predicted molar refractivity (Wildman–Crippen MR) is 106 cm³/mol. The maximum Gasteiger partial charge on any atom is 0.146 e. The van der Waals surface area contributed by atoms with Crippen molar-refractivity contribution in [1.29, 1.82) is 0 Å². The molecule has 26 heavy (non-hydrogen) atoms. The van der Waals surface area contributed by atoms with Crippen molar-refractivity contribution < 1.29 is 4.74 Å². The minimum Gasteiger partial charge on any atom is -0.497 e. The number of fused-ring (bicyclic) bond motifs is 2. The van der Waals surface area contributed by atoms with E-state index >= 15 is 0 Å². The molecule has 132 valence electrons. The molecule has 4 aromatic rings. The smallest absolute Gasteiger partial charge is 0.146 e. The lowest BCUT2D eigenvalue weighted by atomic mass is 10.1. The zero-order valence-corrected chi connectivity index (χ0v) is 15.5. The Morgan fingerprint density at radius 2 is 2.08 bits per heavy atom. The highest BCUT2D eigenvalue weighted by molar-refractivity contribution is 7.22. The van der Waals surface area contributed by atoms with Gasteiger partial charge in [-0.05, 0) is 36.7 Å².